The van der Waals surface area contributed by atoms with E-state index in [2.05, 4.69) is 0 Å². The van der Waals surface area contributed by atoms with E-state index in [0.29, 0.717) is 25.9 Å². The number of carbonyl (C=O) groups is 2. The summed E-state index contributed by atoms with van der Waals surface area (Å²) in [5, 5.41) is 0. The maximum atomic E-state index is 12.2. The van der Waals surface area contributed by atoms with Crippen LogP contribution in [0, 0.1) is 5.41 Å². The lowest BCUT2D eigenvalue weighted by atomic mass is 9.66. The number of hydrogen-bond donors (Lipinski definition) is 2. The summed E-state index contributed by atoms with van der Waals surface area (Å²) in [5.41, 5.74) is 11.1. The Kier molecular flexibility index (Phi) is 3.38. The zero-order valence-electron chi connectivity index (χ0n) is 10.2. The summed E-state index contributed by atoms with van der Waals surface area (Å²) < 4.78 is 0. The van der Waals surface area contributed by atoms with Gasteiger partial charge in [-0.2, -0.15) is 0 Å². The predicted molar refractivity (Wildman–Crippen MR) is 63.9 cm³/mol. The van der Waals surface area contributed by atoms with E-state index in [1.807, 2.05) is 0 Å². The monoisotopic (exact) mass is 239 g/mol. The highest BCUT2D eigenvalue weighted by atomic mass is 16.2. The molecule has 2 aliphatic rings. The number of carbonyl (C=O) groups excluding carboxylic acids is 2. The maximum absolute atomic E-state index is 12.2. The number of rotatable bonds is 4. The summed E-state index contributed by atoms with van der Waals surface area (Å²) in [6.07, 6.45) is 5.28. The van der Waals surface area contributed by atoms with Crippen molar-refractivity contribution in [1.29, 1.82) is 0 Å². The molecule has 2 fully saturated rings. The van der Waals surface area contributed by atoms with Gasteiger partial charge in [0.25, 0.3) is 0 Å². The Morgan fingerprint density at radius 2 is 2.00 bits per heavy atom. The molecular formula is C12H21N3O2. The third-order valence-electron chi connectivity index (χ3n) is 4.28. The summed E-state index contributed by atoms with van der Waals surface area (Å²) in [4.78, 5) is 25.1. The van der Waals surface area contributed by atoms with Gasteiger partial charge in [-0.25, -0.2) is 0 Å². The molecule has 2 amide bonds. The van der Waals surface area contributed by atoms with Crippen LogP contribution in [0.2, 0.25) is 0 Å². The Labute approximate surface area is 102 Å². The Balaban J connectivity index is 1.97. The van der Waals surface area contributed by atoms with Gasteiger partial charge in [0.15, 0.2) is 0 Å². The minimum absolute atomic E-state index is 0.00185. The van der Waals surface area contributed by atoms with Crippen LogP contribution < -0.4 is 11.5 Å². The third-order valence-corrected chi connectivity index (χ3v) is 4.28. The van der Waals surface area contributed by atoms with Crippen LogP contribution in [0.25, 0.3) is 0 Å². The smallest absolute Gasteiger partial charge is 0.240 e. The molecule has 4 N–H and O–H groups in total. The number of amides is 2. The van der Waals surface area contributed by atoms with Gasteiger partial charge in [0.2, 0.25) is 11.8 Å². The first-order valence-corrected chi connectivity index (χ1v) is 6.37. The molecule has 0 radical (unpaired) electrons. The molecule has 1 unspecified atom stereocenters. The second-order valence-electron chi connectivity index (χ2n) is 5.38. The molecule has 96 valence electrons. The Morgan fingerprint density at radius 1 is 1.29 bits per heavy atom. The fourth-order valence-corrected chi connectivity index (χ4v) is 2.91. The molecule has 0 spiro atoms. The van der Waals surface area contributed by atoms with Gasteiger partial charge in [-0.15, -0.1) is 0 Å². The van der Waals surface area contributed by atoms with Crippen LogP contribution >= 0.6 is 0 Å². The van der Waals surface area contributed by atoms with E-state index in [9.17, 15) is 9.59 Å². The quantitative estimate of drug-likeness (QED) is 0.722. The van der Waals surface area contributed by atoms with Crippen LogP contribution in [0.5, 0.6) is 0 Å². The summed E-state index contributed by atoms with van der Waals surface area (Å²) in [6, 6.07) is -0.391. The van der Waals surface area contributed by atoms with Gasteiger partial charge in [-0.3, -0.25) is 9.59 Å². The number of nitrogens with two attached hydrogens (primary N) is 2. The van der Waals surface area contributed by atoms with E-state index < -0.39 is 6.04 Å². The normalized spacial score (nSPS) is 26.6. The minimum atomic E-state index is -0.391. The second kappa shape index (κ2) is 4.64. The van der Waals surface area contributed by atoms with Crippen molar-refractivity contribution in [2.75, 3.05) is 13.1 Å². The van der Waals surface area contributed by atoms with Crippen molar-refractivity contribution in [2.45, 2.75) is 44.6 Å². The lowest BCUT2D eigenvalue weighted by Gasteiger charge is -2.41. The molecule has 1 saturated heterocycles. The van der Waals surface area contributed by atoms with Crippen molar-refractivity contribution in [3.8, 4) is 0 Å². The van der Waals surface area contributed by atoms with Gasteiger partial charge in [-0.1, -0.05) is 6.42 Å². The average Bonchev–Trinajstić information content (AvgIpc) is 2.72. The predicted octanol–water partition coefficient (Wildman–Crippen LogP) is -0.0182. The van der Waals surface area contributed by atoms with E-state index in [4.69, 9.17) is 11.5 Å². The first-order valence-electron chi connectivity index (χ1n) is 6.37. The van der Waals surface area contributed by atoms with Gasteiger partial charge in [0.1, 0.15) is 6.04 Å². The van der Waals surface area contributed by atoms with Crippen LogP contribution in [-0.2, 0) is 9.59 Å². The van der Waals surface area contributed by atoms with Crippen LogP contribution in [0.3, 0.4) is 0 Å². The van der Waals surface area contributed by atoms with Crippen molar-refractivity contribution < 1.29 is 9.59 Å². The van der Waals surface area contributed by atoms with Gasteiger partial charge in [0.05, 0.1) is 0 Å². The molecule has 1 aliphatic heterocycles. The van der Waals surface area contributed by atoms with Crippen molar-refractivity contribution >= 4 is 11.8 Å². The van der Waals surface area contributed by atoms with Gasteiger partial charge < -0.3 is 16.4 Å². The van der Waals surface area contributed by atoms with Crippen molar-refractivity contribution in [1.82, 2.24) is 4.90 Å². The molecule has 0 aromatic carbocycles. The summed E-state index contributed by atoms with van der Waals surface area (Å²) in [5.74, 6) is -0.331. The number of nitrogens with zero attached hydrogens (tertiary/aromatic N) is 1. The number of hydrogen-bond acceptors (Lipinski definition) is 3. The lowest BCUT2D eigenvalue weighted by Crippen LogP contribution is -2.47. The third kappa shape index (κ3) is 2.29. The number of likely N-dealkylation sites (tertiary alicyclic amines) is 1. The fraction of sp³-hybridized carbons (Fsp3) is 0.833. The molecule has 5 nitrogen and oxygen atoms in total. The highest BCUT2D eigenvalue weighted by Crippen LogP contribution is 2.43. The molecule has 5 heteroatoms. The van der Waals surface area contributed by atoms with E-state index in [1.54, 1.807) is 4.90 Å². The zero-order valence-corrected chi connectivity index (χ0v) is 10.2. The van der Waals surface area contributed by atoms with Crippen molar-refractivity contribution in [2.24, 2.45) is 16.9 Å². The van der Waals surface area contributed by atoms with E-state index in [-0.39, 0.29) is 17.2 Å². The van der Waals surface area contributed by atoms with Gasteiger partial charge in [0, 0.05) is 13.0 Å². The topological polar surface area (TPSA) is 89.4 Å². The summed E-state index contributed by atoms with van der Waals surface area (Å²) in [7, 11) is 0. The fourth-order valence-electron chi connectivity index (χ4n) is 2.91. The molecule has 17 heavy (non-hydrogen) atoms. The second-order valence-corrected chi connectivity index (χ2v) is 5.38. The van der Waals surface area contributed by atoms with Crippen LogP contribution in [0.1, 0.15) is 38.5 Å². The largest absolute Gasteiger partial charge is 0.368 e. The Bertz CT molecular complexity index is 320. The molecule has 1 atom stereocenters. The molecule has 0 bridgehead atoms. The standard InChI is InChI=1S/C12H21N3O2/c13-8-12(4-2-5-12)7-10(16)15-6-1-3-9(15)11(14)17/h9H,1-8,13H2,(H2,14,17). The van der Waals surface area contributed by atoms with Gasteiger partial charge >= 0.3 is 0 Å². The van der Waals surface area contributed by atoms with E-state index >= 15 is 0 Å². The van der Waals surface area contributed by atoms with Crippen LogP contribution in [-0.4, -0.2) is 35.8 Å². The van der Waals surface area contributed by atoms with Crippen LogP contribution in [0.4, 0.5) is 0 Å². The van der Waals surface area contributed by atoms with E-state index in [0.717, 1.165) is 25.7 Å². The highest BCUT2D eigenvalue weighted by molar-refractivity contribution is 5.87. The maximum Gasteiger partial charge on any atom is 0.240 e. The minimum Gasteiger partial charge on any atom is -0.368 e. The number of primary amides is 1. The van der Waals surface area contributed by atoms with Crippen LogP contribution in [0.15, 0.2) is 0 Å². The van der Waals surface area contributed by atoms with Crippen molar-refractivity contribution in [3.63, 3.8) is 0 Å². The lowest BCUT2D eigenvalue weighted by molar-refractivity contribution is -0.140. The molecule has 2 rings (SSSR count). The van der Waals surface area contributed by atoms with Gasteiger partial charge in [-0.05, 0) is 37.6 Å². The molecule has 1 saturated carbocycles. The van der Waals surface area contributed by atoms with Crippen molar-refractivity contribution in [3.05, 3.63) is 0 Å². The van der Waals surface area contributed by atoms with E-state index in [1.165, 1.54) is 0 Å². The first kappa shape index (κ1) is 12.4. The molecule has 0 aromatic heterocycles. The molecular weight excluding hydrogens is 218 g/mol. The Morgan fingerprint density at radius 3 is 2.47 bits per heavy atom. The SMILES string of the molecule is NCC1(CC(=O)N2CCCC2C(N)=O)CCC1. The average molecular weight is 239 g/mol. The molecule has 0 aromatic rings. The molecule has 1 heterocycles. The summed E-state index contributed by atoms with van der Waals surface area (Å²) >= 11 is 0. The Hall–Kier alpha value is -1.10. The summed E-state index contributed by atoms with van der Waals surface area (Å²) in [6.45, 7) is 1.22. The first-order chi connectivity index (χ1) is 8.08. The highest BCUT2D eigenvalue weighted by Gasteiger charge is 2.41. The molecule has 1 aliphatic carbocycles. The zero-order chi connectivity index (χ0) is 12.5.